The lowest BCUT2D eigenvalue weighted by atomic mass is 10.1. The van der Waals surface area contributed by atoms with Gasteiger partial charge in [-0.05, 0) is 20.0 Å². The summed E-state index contributed by atoms with van der Waals surface area (Å²) in [4.78, 5) is 1.78. The number of likely N-dealkylation sites (N-methyl/N-ethyl adjacent to an activating group) is 1. The van der Waals surface area contributed by atoms with Gasteiger partial charge in [0.15, 0.2) is 0 Å². The summed E-state index contributed by atoms with van der Waals surface area (Å²) in [6.45, 7) is 2.46. The third kappa shape index (κ3) is 3.61. The Hall–Kier alpha value is -1.79. The Morgan fingerprint density at radius 1 is 1.35 bits per heavy atom. The number of aliphatic hydroxyl groups is 1. The number of aromatic nitrogens is 1. The zero-order chi connectivity index (χ0) is 14.7. The molecule has 4 nitrogen and oxygen atoms in total. The van der Waals surface area contributed by atoms with E-state index in [4.69, 9.17) is 4.52 Å². The van der Waals surface area contributed by atoms with E-state index in [0.29, 0.717) is 12.3 Å². The van der Waals surface area contributed by atoms with Crippen molar-refractivity contribution in [2.45, 2.75) is 19.6 Å². The molecular weight excluding hydrogens is 266 g/mol. The Morgan fingerprint density at radius 2 is 2.10 bits per heavy atom. The zero-order valence-electron chi connectivity index (χ0n) is 11.3. The van der Waals surface area contributed by atoms with E-state index in [9.17, 15) is 13.9 Å². The van der Waals surface area contributed by atoms with Crippen LogP contribution in [-0.4, -0.2) is 28.8 Å². The molecule has 1 heterocycles. The quantitative estimate of drug-likeness (QED) is 0.915. The molecule has 2 rings (SSSR count). The average Bonchev–Trinajstić information content (AvgIpc) is 2.74. The van der Waals surface area contributed by atoms with Gasteiger partial charge in [-0.1, -0.05) is 11.2 Å². The van der Waals surface area contributed by atoms with Gasteiger partial charge in [-0.25, -0.2) is 8.78 Å². The summed E-state index contributed by atoms with van der Waals surface area (Å²) in [5.41, 5.74) is 0.811. The van der Waals surface area contributed by atoms with Crippen LogP contribution < -0.4 is 0 Å². The van der Waals surface area contributed by atoms with E-state index in [1.165, 1.54) is 6.07 Å². The van der Waals surface area contributed by atoms with Crippen LogP contribution in [-0.2, 0) is 6.54 Å². The molecule has 0 radical (unpaired) electrons. The molecule has 0 aliphatic carbocycles. The highest BCUT2D eigenvalue weighted by Gasteiger charge is 2.16. The molecule has 1 N–H and O–H groups in total. The van der Waals surface area contributed by atoms with Gasteiger partial charge in [-0.3, -0.25) is 4.90 Å². The number of halogens is 2. The molecule has 108 valence electrons. The van der Waals surface area contributed by atoms with E-state index in [1.807, 2.05) is 0 Å². The minimum Gasteiger partial charge on any atom is -0.387 e. The van der Waals surface area contributed by atoms with Gasteiger partial charge in [-0.15, -0.1) is 0 Å². The second-order valence-corrected chi connectivity index (χ2v) is 4.81. The summed E-state index contributed by atoms with van der Waals surface area (Å²) in [5, 5.41) is 13.8. The highest BCUT2D eigenvalue weighted by atomic mass is 19.1. The van der Waals surface area contributed by atoms with Crippen molar-refractivity contribution in [3.63, 3.8) is 0 Å². The van der Waals surface area contributed by atoms with Crippen molar-refractivity contribution in [1.82, 2.24) is 10.1 Å². The van der Waals surface area contributed by atoms with Crippen molar-refractivity contribution in [2.75, 3.05) is 13.6 Å². The van der Waals surface area contributed by atoms with Crippen LogP contribution in [0.4, 0.5) is 8.78 Å². The Balaban J connectivity index is 1.98. The molecule has 1 atom stereocenters. The van der Waals surface area contributed by atoms with Crippen molar-refractivity contribution in [1.29, 1.82) is 0 Å². The molecule has 0 amide bonds. The SMILES string of the molecule is Cc1cc(CN(C)CC(O)c2ccc(F)cc2F)no1. The molecule has 0 spiro atoms. The number of hydrogen-bond acceptors (Lipinski definition) is 4. The maximum absolute atomic E-state index is 13.5. The van der Waals surface area contributed by atoms with Crippen molar-refractivity contribution in [3.05, 3.63) is 52.9 Å². The van der Waals surface area contributed by atoms with Crippen molar-refractivity contribution >= 4 is 0 Å². The first kappa shape index (κ1) is 14.6. The number of hydrogen-bond donors (Lipinski definition) is 1. The summed E-state index contributed by atoms with van der Waals surface area (Å²) in [6.07, 6.45) is -1.03. The molecule has 0 saturated heterocycles. The third-order valence-corrected chi connectivity index (χ3v) is 2.91. The molecule has 0 fully saturated rings. The fourth-order valence-electron chi connectivity index (χ4n) is 2.00. The van der Waals surface area contributed by atoms with Gasteiger partial charge >= 0.3 is 0 Å². The van der Waals surface area contributed by atoms with Crippen LogP contribution in [0.25, 0.3) is 0 Å². The van der Waals surface area contributed by atoms with Crippen molar-refractivity contribution in [3.8, 4) is 0 Å². The number of nitrogens with zero attached hydrogens (tertiary/aromatic N) is 2. The van der Waals surface area contributed by atoms with E-state index >= 15 is 0 Å². The smallest absolute Gasteiger partial charge is 0.133 e. The van der Waals surface area contributed by atoms with Gasteiger partial charge in [-0.2, -0.15) is 0 Å². The minimum atomic E-state index is -1.03. The molecule has 2 aromatic rings. The Labute approximate surface area is 115 Å². The second kappa shape index (κ2) is 6.11. The molecule has 0 aliphatic rings. The first-order chi connectivity index (χ1) is 9.45. The van der Waals surface area contributed by atoms with E-state index in [0.717, 1.165) is 17.8 Å². The molecule has 1 aromatic carbocycles. The van der Waals surface area contributed by atoms with E-state index in [-0.39, 0.29) is 12.1 Å². The predicted octanol–water partition coefficient (Wildman–Crippen LogP) is 2.43. The highest BCUT2D eigenvalue weighted by molar-refractivity contribution is 5.21. The fraction of sp³-hybridized carbons (Fsp3) is 0.357. The van der Waals surface area contributed by atoms with Gasteiger partial charge < -0.3 is 9.63 Å². The lowest BCUT2D eigenvalue weighted by Gasteiger charge is -2.20. The summed E-state index contributed by atoms with van der Waals surface area (Å²) in [7, 11) is 1.77. The molecule has 0 bridgehead atoms. The zero-order valence-corrected chi connectivity index (χ0v) is 11.3. The molecule has 20 heavy (non-hydrogen) atoms. The van der Waals surface area contributed by atoms with Gasteiger partial charge in [0.05, 0.1) is 11.8 Å². The summed E-state index contributed by atoms with van der Waals surface area (Å²) < 4.78 is 31.3. The molecule has 0 saturated carbocycles. The monoisotopic (exact) mass is 282 g/mol. The standard InChI is InChI=1S/C14H16F2N2O2/c1-9-5-11(17-20-9)7-18(2)8-14(19)12-4-3-10(15)6-13(12)16/h3-6,14,19H,7-8H2,1-2H3. The molecule has 6 heteroatoms. The molecule has 0 aliphatic heterocycles. The van der Waals surface area contributed by atoms with Crippen LogP contribution in [0.3, 0.4) is 0 Å². The Bertz CT molecular complexity index is 586. The van der Waals surface area contributed by atoms with Gasteiger partial charge in [0.2, 0.25) is 0 Å². The van der Waals surface area contributed by atoms with Crippen LogP contribution in [0, 0.1) is 18.6 Å². The van der Waals surface area contributed by atoms with Crippen LogP contribution in [0.1, 0.15) is 23.1 Å². The maximum Gasteiger partial charge on any atom is 0.133 e. The van der Waals surface area contributed by atoms with Gasteiger partial charge in [0.25, 0.3) is 0 Å². The van der Waals surface area contributed by atoms with E-state index in [2.05, 4.69) is 5.16 Å². The topological polar surface area (TPSA) is 49.5 Å². The number of rotatable bonds is 5. The maximum atomic E-state index is 13.5. The van der Waals surface area contributed by atoms with Gasteiger partial charge in [0, 0.05) is 30.8 Å². The minimum absolute atomic E-state index is 0.0783. The van der Waals surface area contributed by atoms with Crippen LogP contribution >= 0.6 is 0 Å². The normalized spacial score (nSPS) is 12.9. The largest absolute Gasteiger partial charge is 0.387 e. The van der Waals surface area contributed by atoms with E-state index in [1.54, 1.807) is 24.9 Å². The highest BCUT2D eigenvalue weighted by Crippen LogP contribution is 2.19. The molecule has 1 aromatic heterocycles. The van der Waals surface area contributed by atoms with Gasteiger partial charge in [0.1, 0.15) is 17.4 Å². The number of aliphatic hydroxyl groups excluding tert-OH is 1. The van der Waals surface area contributed by atoms with Crippen molar-refractivity contribution in [2.24, 2.45) is 0 Å². The molecule has 1 unspecified atom stereocenters. The average molecular weight is 282 g/mol. The second-order valence-electron chi connectivity index (χ2n) is 4.81. The predicted molar refractivity (Wildman–Crippen MR) is 68.9 cm³/mol. The first-order valence-electron chi connectivity index (χ1n) is 6.19. The van der Waals surface area contributed by atoms with Crippen molar-refractivity contribution < 1.29 is 18.4 Å². The Morgan fingerprint density at radius 3 is 2.70 bits per heavy atom. The summed E-state index contributed by atoms with van der Waals surface area (Å²) in [6, 6.07) is 4.94. The third-order valence-electron chi connectivity index (χ3n) is 2.91. The lowest BCUT2D eigenvalue weighted by Crippen LogP contribution is -2.24. The fourth-order valence-corrected chi connectivity index (χ4v) is 2.00. The number of benzene rings is 1. The molecular formula is C14H16F2N2O2. The summed E-state index contributed by atoms with van der Waals surface area (Å²) >= 11 is 0. The first-order valence-corrected chi connectivity index (χ1v) is 6.19. The Kier molecular flexibility index (Phi) is 4.46. The lowest BCUT2D eigenvalue weighted by molar-refractivity contribution is 0.119. The number of aryl methyl sites for hydroxylation is 1. The summed E-state index contributed by atoms with van der Waals surface area (Å²) in [5.74, 6) is -0.702. The van der Waals surface area contributed by atoms with Crippen LogP contribution in [0.5, 0.6) is 0 Å². The van der Waals surface area contributed by atoms with Crippen LogP contribution in [0.2, 0.25) is 0 Å². The van der Waals surface area contributed by atoms with Crippen LogP contribution in [0.15, 0.2) is 28.8 Å². The van der Waals surface area contributed by atoms with E-state index < -0.39 is 17.7 Å².